The Morgan fingerprint density at radius 1 is 1.28 bits per heavy atom. The Morgan fingerprint density at radius 3 is 2.44 bits per heavy atom. The van der Waals surface area contributed by atoms with Gasteiger partial charge < -0.3 is 14.4 Å². The zero-order chi connectivity index (χ0) is 13.7. The van der Waals surface area contributed by atoms with Crippen LogP contribution in [0.15, 0.2) is 23.4 Å². The van der Waals surface area contributed by atoms with Gasteiger partial charge in [-0.15, -0.1) is 0 Å². The van der Waals surface area contributed by atoms with Crippen molar-refractivity contribution < 1.29 is 19.1 Å². The molecule has 0 saturated carbocycles. The second-order valence-electron chi connectivity index (χ2n) is 3.97. The lowest BCUT2D eigenvalue weighted by molar-refractivity contribution is -0.147. The Hall–Kier alpha value is -1.78. The Bertz CT molecular complexity index is 398. The molecular formula is C13H19NO4. The largest absolute Gasteiger partial charge is 0.464 e. The fourth-order valence-corrected chi connectivity index (χ4v) is 1.74. The maximum atomic E-state index is 11.8. The summed E-state index contributed by atoms with van der Waals surface area (Å²) < 4.78 is 9.94. The summed E-state index contributed by atoms with van der Waals surface area (Å²) in [4.78, 5) is 25.1. The minimum absolute atomic E-state index is 0.302. The van der Waals surface area contributed by atoms with Gasteiger partial charge in [-0.05, 0) is 32.9 Å². The zero-order valence-corrected chi connectivity index (χ0v) is 11.2. The minimum Gasteiger partial charge on any atom is -0.464 e. The van der Waals surface area contributed by atoms with E-state index in [-0.39, 0.29) is 5.97 Å². The molecule has 0 fully saturated rings. The molecular weight excluding hydrogens is 234 g/mol. The SMILES string of the molecule is CCOC(=O)C1=CC(C)=CC(C(=O)OCC)N1C. The van der Waals surface area contributed by atoms with E-state index < -0.39 is 12.0 Å². The molecule has 0 aliphatic carbocycles. The first-order valence-electron chi connectivity index (χ1n) is 5.98. The van der Waals surface area contributed by atoms with Crippen molar-refractivity contribution in [2.45, 2.75) is 26.8 Å². The van der Waals surface area contributed by atoms with Crippen molar-refractivity contribution in [3.8, 4) is 0 Å². The lowest BCUT2D eigenvalue weighted by Gasteiger charge is -2.30. The molecule has 5 nitrogen and oxygen atoms in total. The van der Waals surface area contributed by atoms with E-state index in [1.54, 1.807) is 37.9 Å². The van der Waals surface area contributed by atoms with Gasteiger partial charge in [0.25, 0.3) is 0 Å². The van der Waals surface area contributed by atoms with E-state index in [9.17, 15) is 9.59 Å². The highest BCUT2D eigenvalue weighted by molar-refractivity contribution is 5.91. The van der Waals surface area contributed by atoms with Crippen LogP contribution in [0.5, 0.6) is 0 Å². The van der Waals surface area contributed by atoms with Gasteiger partial charge in [-0.2, -0.15) is 0 Å². The van der Waals surface area contributed by atoms with Gasteiger partial charge in [0, 0.05) is 7.05 Å². The maximum absolute atomic E-state index is 11.8. The summed E-state index contributed by atoms with van der Waals surface area (Å²) >= 11 is 0. The highest BCUT2D eigenvalue weighted by Crippen LogP contribution is 2.20. The summed E-state index contributed by atoms with van der Waals surface area (Å²) in [6.45, 7) is 5.94. The molecule has 1 aliphatic heterocycles. The molecule has 0 aromatic rings. The second kappa shape index (κ2) is 6.23. The van der Waals surface area contributed by atoms with Crippen molar-refractivity contribution >= 4 is 11.9 Å². The van der Waals surface area contributed by atoms with E-state index in [1.165, 1.54) is 0 Å². The Labute approximate surface area is 107 Å². The molecule has 0 radical (unpaired) electrons. The standard InChI is InChI=1S/C13H19NO4/c1-5-17-12(15)10-7-9(3)8-11(14(10)4)13(16)18-6-2/h7-8,10H,5-6H2,1-4H3. The normalized spacial score (nSPS) is 18.9. The average molecular weight is 253 g/mol. The van der Waals surface area contributed by atoms with Crippen LogP contribution in [0.2, 0.25) is 0 Å². The van der Waals surface area contributed by atoms with Crippen molar-refractivity contribution in [2.75, 3.05) is 20.3 Å². The van der Waals surface area contributed by atoms with Crippen LogP contribution in [-0.4, -0.2) is 43.1 Å². The Balaban J connectivity index is 2.92. The predicted molar refractivity (Wildman–Crippen MR) is 66.7 cm³/mol. The summed E-state index contributed by atoms with van der Waals surface area (Å²) in [5.41, 5.74) is 1.21. The molecule has 0 aromatic carbocycles. The van der Waals surface area contributed by atoms with Gasteiger partial charge in [0.15, 0.2) is 0 Å². The van der Waals surface area contributed by atoms with Crippen LogP contribution in [-0.2, 0) is 19.1 Å². The molecule has 1 atom stereocenters. The topological polar surface area (TPSA) is 55.8 Å². The van der Waals surface area contributed by atoms with Crippen LogP contribution in [0.25, 0.3) is 0 Å². The molecule has 5 heteroatoms. The fraction of sp³-hybridized carbons (Fsp3) is 0.538. The second-order valence-corrected chi connectivity index (χ2v) is 3.97. The van der Waals surface area contributed by atoms with Gasteiger partial charge in [-0.1, -0.05) is 5.57 Å². The number of allylic oxidation sites excluding steroid dienone is 2. The number of hydrogen-bond donors (Lipinski definition) is 0. The number of nitrogens with zero attached hydrogens (tertiary/aromatic N) is 1. The summed E-state index contributed by atoms with van der Waals surface area (Å²) in [5.74, 6) is -0.795. The fourth-order valence-electron chi connectivity index (χ4n) is 1.74. The van der Waals surface area contributed by atoms with E-state index in [0.29, 0.717) is 18.9 Å². The van der Waals surface area contributed by atoms with Crippen molar-refractivity contribution in [3.05, 3.63) is 23.4 Å². The molecule has 1 heterocycles. The number of hydrogen-bond acceptors (Lipinski definition) is 5. The molecule has 0 N–H and O–H groups in total. The molecule has 0 spiro atoms. The van der Waals surface area contributed by atoms with Crippen LogP contribution in [0.4, 0.5) is 0 Å². The van der Waals surface area contributed by atoms with Gasteiger partial charge in [0.1, 0.15) is 11.7 Å². The van der Waals surface area contributed by atoms with Crippen LogP contribution in [0.3, 0.4) is 0 Å². The van der Waals surface area contributed by atoms with E-state index in [0.717, 1.165) is 5.57 Å². The number of esters is 2. The van der Waals surface area contributed by atoms with E-state index >= 15 is 0 Å². The maximum Gasteiger partial charge on any atom is 0.354 e. The summed E-state index contributed by atoms with van der Waals surface area (Å²) in [6, 6.07) is -0.575. The van der Waals surface area contributed by atoms with Gasteiger partial charge in [-0.25, -0.2) is 9.59 Å². The molecule has 0 bridgehead atoms. The molecule has 1 unspecified atom stereocenters. The monoisotopic (exact) mass is 253 g/mol. The average Bonchev–Trinajstić information content (AvgIpc) is 2.32. The Kier molecular flexibility index (Phi) is 4.95. The molecule has 1 rings (SSSR count). The van der Waals surface area contributed by atoms with Crippen molar-refractivity contribution in [1.82, 2.24) is 4.90 Å². The van der Waals surface area contributed by atoms with Crippen LogP contribution in [0.1, 0.15) is 20.8 Å². The highest BCUT2D eigenvalue weighted by Gasteiger charge is 2.30. The van der Waals surface area contributed by atoms with Crippen LogP contribution < -0.4 is 0 Å². The highest BCUT2D eigenvalue weighted by atomic mass is 16.5. The predicted octanol–water partition coefficient (Wildman–Crippen LogP) is 1.26. The van der Waals surface area contributed by atoms with Crippen molar-refractivity contribution in [1.29, 1.82) is 0 Å². The summed E-state index contributed by atoms with van der Waals surface area (Å²) in [6.07, 6.45) is 3.47. The van der Waals surface area contributed by atoms with Crippen molar-refractivity contribution in [3.63, 3.8) is 0 Å². The van der Waals surface area contributed by atoms with Crippen LogP contribution >= 0.6 is 0 Å². The summed E-state index contributed by atoms with van der Waals surface area (Å²) in [5, 5.41) is 0. The molecule has 0 amide bonds. The number of rotatable bonds is 4. The van der Waals surface area contributed by atoms with E-state index in [1.807, 2.05) is 6.92 Å². The first kappa shape index (κ1) is 14.3. The molecule has 1 aliphatic rings. The number of likely N-dealkylation sites (N-methyl/N-ethyl adjacent to an activating group) is 1. The zero-order valence-electron chi connectivity index (χ0n) is 11.2. The number of carbonyl (C=O) groups excluding carboxylic acids is 2. The lowest BCUT2D eigenvalue weighted by atomic mass is 10.1. The number of ether oxygens (including phenoxy) is 2. The number of carbonyl (C=O) groups is 2. The van der Waals surface area contributed by atoms with Crippen molar-refractivity contribution in [2.24, 2.45) is 0 Å². The van der Waals surface area contributed by atoms with Gasteiger partial charge in [0.2, 0.25) is 0 Å². The van der Waals surface area contributed by atoms with Crippen LogP contribution in [0, 0.1) is 0 Å². The quantitative estimate of drug-likeness (QED) is 0.706. The van der Waals surface area contributed by atoms with E-state index in [2.05, 4.69) is 0 Å². The molecule has 100 valence electrons. The third-order valence-electron chi connectivity index (χ3n) is 2.60. The molecule has 18 heavy (non-hydrogen) atoms. The lowest BCUT2D eigenvalue weighted by Crippen LogP contribution is -2.42. The third-order valence-corrected chi connectivity index (χ3v) is 2.60. The third kappa shape index (κ3) is 3.12. The molecule has 0 aromatic heterocycles. The van der Waals surface area contributed by atoms with Gasteiger partial charge in [0.05, 0.1) is 13.2 Å². The summed E-state index contributed by atoms with van der Waals surface area (Å²) in [7, 11) is 1.67. The van der Waals surface area contributed by atoms with E-state index in [4.69, 9.17) is 9.47 Å². The van der Waals surface area contributed by atoms with Gasteiger partial charge in [-0.3, -0.25) is 0 Å². The Morgan fingerprint density at radius 2 is 1.89 bits per heavy atom. The smallest absolute Gasteiger partial charge is 0.354 e. The minimum atomic E-state index is -0.575. The first-order chi connectivity index (χ1) is 8.51. The van der Waals surface area contributed by atoms with Gasteiger partial charge >= 0.3 is 11.9 Å². The first-order valence-corrected chi connectivity index (χ1v) is 5.98. The molecule has 0 saturated heterocycles.